The predicted molar refractivity (Wildman–Crippen MR) is 73.5 cm³/mol. The van der Waals surface area contributed by atoms with Crippen LogP contribution in [-0.4, -0.2) is 6.21 Å². The van der Waals surface area contributed by atoms with Crippen LogP contribution in [-0.2, 0) is 17.9 Å². The Morgan fingerprint density at radius 1 is 1.05 bits per heavy atom. The van der Waals surface area contributed by atoms with Crippen molar-refractivity contribution in [3.05, 3.63) is 71.0 Å². The lowest BCUT2D eigenvalue weighted by Gasteiger charge is -2.01. The zero-order valence-electron chi connectivity index (χ0n) is 10.8. The third-order valence-corrected chi connectivity index (χ3v) is 2.77. The van der Waals surface area contributed by atoms with Gasteiger partial charge in [-0.2, -0.15) is 0 Å². The van der Waals surface area contributed by atoms with E-state index in [0.29, 0.717) is 12.2 Å². The van der Waals surface area contributed by atoms with Crippen molar-refractivity contribution in [3.8, 4) is 0 Å². The van der Waals surface area contributed by atoms with E-state index in [1.807, 2.05) is 12.1 Å². The zero-order chi connectivity index (χ0) is 13.5. The van der Waals surface area contributed by atoms with E-state index in [2.05, 4.69) is 30.4 Å². The van der Waals surface area contributed by atoms with Crippen LogP contribution in [0.3, 0.4) is 0 Å². The number of hydrogen-bond acceptors (Lipinski definition) is 2. The van der Waals surface area contributed by atoms with Crippen molar-refractivity contribution >= 4 is 6.21 Å². The van der Waals surface area contributed by atoms with Crippen molar-refractivity contribution in [2.45, 2.75) is 20.0 Å². The molecular weight excluding hydrogens is 241 g/mol. The van der Waals surface area contributed by atoms with Crippen LogP contribution in [0.25, 0.3) is 0 Å². The minimum absolute atomic E-state index is 0.295. The Morgan fingerprint density at radius 3 is 2.42 bits per heavy atom. The Morgan fingerprint density at radius 2 is 1.74 bits per heavy atom. The van der Waals surface area contributed by atoms with E-state index in [-0.39, 0.29) is 5.82 Å². The van der Waals surface area contributed by atoms with E-state index in [1.54, 1.807) is 18.2 Å². The molecule has 0 aromatic heterocycles. The van der Waals surface area contributed by atoms with Gasteiger partial charge in [0.2, 0.25) is 0 Å². The lowest BCUT2D eigenvalue weighted by atomic mass is 10.1. The third-order valence-electron chi connectivity index (χ3n) is 2.77. The fourth-order valence-corrected chi connectivity index (χ4v) is 1.61. The second-order valence-electron chi connectivity index (χ2n) is 4.13. The Labute approximate surface area is 112 Å². The molecule has 19 heavy (non-hydrogen) atoms. The summed E-state index contributed by atoms with van der Waals surface area (Å²) in [5.41, 5.74) is 2.60. The van der Waals surface area contributed by atoms with Crippen LogP contribution < -0.4 is 0 Å². The number of rotatable bonds is 5. The van der Waals surface area contributed by atoms with Gasteiger partial charge in [-0.25, -0.2) is 4.39 Å². The second kappa shape index (κ2) is 6.69. The quantitative estimate of drug-likeness (QED) is 0.588. The first-order valence-electron chi connectivity index (χ1n) is 6.20. The maximum Gasteiger partial charge on any atom is 0.142 e. The highest BCUT2D eigenvalue weighted by Gasteiger charge is 1.97. The van der Waals surface area contributed by atoms with E-state index in [0.717, 1.165) is 12.0 Å². The van der Waals surface area contributed by atoms with E-state index >= 15 is 0 Å². The van der Waals surface area contributed by atoms with Crippen molar-refractivity contribution in [2.75, 3.05) is 0 Å². The Kier molecular flexibility index (Phi) is 4.67. The molecule has 0 saturated carbocycles. The molecule has 0 heterocycles. The maximum atomic E-state index is 13.2. The van der Waals surface area contributed by atoms with Gasteiger partial charge in [-0.1, -0.05) is 48.5 Å². The number of hydrogen-bond donors (Lipinski definition) is 0. The molecule has 0 spiro atoms. The van der Waals surface area contributed by atoms with Crippen LogP contribution in [0.2, 0.25) is 0 Å². The molecule has 2 nitrogen and oxygen atoms in total. The van der Waals surface area contributed by atoms with Crippen LogP contribution in [0.4, 0.5) is 4.39 Å². The number of halogens is 1. The molecule has 3 heteroatoms. The first-order valence-corrected chi connectivity index (χ1v) is 6.20. The first-order chi connectivity index (χ1) is 9.29. The van der Waals surface area contributed by atoms with Crippen LogP contribution in [0.1, 0.15) is 23.6 Å². The molecule has 2 aromatic carbocycles. The minimum Gasteiger partial charge on any atom is -0.390 e. The van der Waals surface area contributed by atoms with Gasteiger partial charge >= 0.3 is 0 Å². The van der Waals surface area contributed by atoms with Crippen molar-refractivity contribution < 1.29 is 9.23 Å². The van der Waals surface area contributed by atoms with Gasteiger partial charge in [-0.3, -0.25) is 0 Å². The van der Waals surface area contributed by atoms with Crippen molar-refractivity contribution in [3.63, 3.8) is 0 Å². The predicted octanol–water partition coefficient (Wildman–Crippen LogP) is 3.82. The topological polar surface area (TPSA) is 21.6 Å². The number of aryl methyl sites for hydroxylation is 1. The van der Waals surface area contributed by atoms with Gasteiger partial charge < -0.3 is 4.84 Å². The number of nitrogens with zero attached hydrogens (tertiary/aromatic N) is 1. The summed E-state index contributed by atoms with van der Waals surface area (Å²) in [6.45, 7) is 2.46. The zero-order valence-corrected chi connectivity index (χ0v) is 10.8. The monoisotopic (exact) mass is 256 g/mol. The van der Waals surface area contributed by atoms with Crippen molar-refractivity contribution in [2.24, 2.45) is 5.16 Å². The summed E-state index contributed by atoms with van der Waals surface area (Å²) in [6, 6.07) is 14.4. The molecule has 0 aliphatic rings. The molecule has 97 valence electrons. The first kappa shape index (κ1) is 13.3. The molecule has 0 aliphatic heterocycles. The highest BCUT2D eigenvalue weighted by Crippen LogP contribution is 2.07. The fraction of sp³-hybridized carbons (Fsp3) is 0.188. The highest BCUT2D eigenvalue weighted by molar-refractivity contribution is 5.79. The van der Waals surface area contributed by atoms with Gasteiger partial charge in [0.1, 0.15) is 18.6 Å². The van der Waals surface area contributed by atoms with Crippen LogP contribution in [0.5, 0.6) is 0 Å². The van der Waals surface area contributed by atoms with E-state index in [9.17, 15) is 4.39 Å². The van der Waals surface area contributed by atoms with Crippen LogP contribution >= 0.6 is 0 Å². The molecule has 2 rings (SSSR count). The molecular formula is C16H15FNO. The Hall–Kier alpha value is -2.16. The van der Waals surface area contributed by atoms with E-state index in [4.69, 9.17) is 4.84 Å². The van der Waals surface area contributed by atoms with Gasteiger partial charge in [0.05, 0.1) is 0 Å². The lowest BCUT2D eigenvalue weighted by molar-refractivity contribution is 0.132. The summed E-state index contributed by atoms with van der Waals surface area (Å²) >= 11 is 0. The summed E-state index contributed by atoms with van der Waals surface area (Å²) < 4.78 is 13.2. The third kappa shape index (κ3) is 3.91. The van der Waals surface area contributed by atoms with Gasteiger partial charge in [0, 0.05) is 5.56 Å². The average molecular weight is 256 g/mol. The lowest BCUT2D eigenvalue weighted by Crippen LogP contribution is -1.91. The summed E-state index contributed by atoms with van der Waals surface area (Å²) in [7, 11) is 0. The normalized spacial score (nSPS) is 10.8. The number of benzene rings is 2. The average Bonchev–Trinajstić information content (AvgIpc) is 2.46. The highest BCUT2D eigenvalue weighted by atomic mass is 19.1. The standard InChI is InChI=1S/C16H15FNO/c1-2-13-7-9-14(10-8-13)12-19-18-11-15-5-3-4-6-16(15)17/h3-10H,2,12H2,1H3. The molecule has 0 fully saturated rings. The Bertz CT molecular complexity index is 549. The van der Waals surface area contributed by atoms with E-state index in [1.165, 1.54) is 11.6 Å². The maximum absolute atomic E-state index is 13.2. The molecule has 0 aliphatic carbocycles. The van der Waals surface area contributed by atoms with Crippen molar-refractivity contribution in [1.29, 1.82) is 0 Å². The smallest absolute Gasteiger partial charge is 0.142 e. The summed E-state index contributed by atoms with van der Waals surface area (Å²) in [5.74, 6) is -0.359. The summed E-state index contributed by atoms with van der Waals surface area (Å²) in [6.07, 6.45) is 3.55. The van der Waals surface area contributed by atoms with E-state index < -0.39 is 0 Å². The van der Waals surface area contributed by atoms with Gasteiger partial charge in [-0.15, -0.1) is 0 Å². The largest absolute Gasteiger partial charge is 0.390 e. The molecule has 2 aromatic rings. The second-order valence-corrected chi connectivity index (χ2v) is 4.13. The van der Waals surface area contributed by atoms with Crippen LogP contribution in [0, 0.1) is 5.82 Å². The molecule has 0 saturated heterocycles. The minimum atomic E-state index is -0.359. The molecule has 0 amide bonds. The summed E-state index contributed by atoms with van der Waals surface area (Å²) in [4.78, 5) is 5.10. The molecule has 0 unspecified atom stereocenters. The SMILES string of the molecule is CCc1ccc(CO/N=[C]\c2ccccc2F)cc1. The van der Waals surface area contributed by atoms with Gasteiger partial charge in [-0.05, 0) is 29.7 Å². The summed E-state index contributed by atoms with van der Waals surface area (Å²) in [5, 5.41) is 3.65. The molecule has 0 N–H and O–H groups in total. The fourth-order valence-electron chi connectivity index (χ4n) is 1.61. The van der Waals surface area contributed by atoms with Crippen molar-refractivity contribution in [1.82, 2.24) is 0 Å². The molecule has 1 radical (unpaired) electrons. The molecule has 0 atom stereocenters. The van der Waals surface area contributed by atoms with Gasteiger partial charge in [0.25, 0.3) is 0 Å². The Balaban J connectivity index is 1.87. The van der Waals surface area contributed by atoms with Gasteiger partial charge in [0.15, 0.2) is 0 Å². The van der Waals surface area contributed by atoms with Crippen LogP contribution in [0.15, 0.2) is 53.7 Å². The molecule has 0 bridgehead atoms.